The molecule has 0 saturated carbocycles. The van der Waals surface area contributed by atoms with Gasteiger partial charge < -0.3 is 13.6 Å². The van der Waals surface area contributed by atoms with Crippen molar-refractivity contribution in [2.24, 2.45) is 4.99 Å². The van der Waals surface area contributed by atoms with Crippen LogP contribution in [0.3, 0.4) is 0 Å². The average molecular weight is 373 g/mol. The van der Waals surface area contributed by atoms with Crippen molar-refractivity contribution in [2.75, 3.05) is 7.11 Å². The van der Waals surface area contributed by atoms with Crippen molar-refractivity contribution >= 4 is 11.5 Å². The van der Waals surface area contributed by atoms with Crippen molar-refractivity contribution in [1.29, 1.82) is 0 Å². The van der Waals surface area contributed by atoms with E-state index in [1.54, 1.807) is 19.6 Å². The fraction of sp³-hybridized carbons (Fsp3) is 0.182. The van der Waals surface area contributed by atoms with Crippen molar-refractivity contribution < 1.29 is 13.6 Å². The highest BCUT2D eigenvalue weighted by atomic mass is 16.5. The van der Waals surface area contributed by atoms with Gasteiger partial charge in [-0.3, -0.25) is 0 Å². The number of fused-ring (bicyclic) bond motifs is 1. The summed E-state index contributed by atoms with van der Waals surface area (Å²) in [5, 5.41) is 4.81. The third-order valence-electron chi connectivity index (χ3n) is 5.04. The van der Waals surface area contributed by atoms with E-state index in [-0.39, 0.29) is 6.04 Å². The molecular formula is C22H19N3O3. The lowest BCUT2D eigenvalue weighted by Gasteiger charge is -2.22. The van der Waals surface area contributed by atoms with Crippen molar-refractivity contribution in [3.05, 3.63) is 78.3 Å². The van der Waals surface area contributed by atoms with Gasteiger partial charge in [0.05, 0.1) is 31.0 Å². The summed E-state index contributed by atoms with van der Waals surface area (Å²) in [5.74, 6) is 3.24. The van der Waals surface area contributed by atoms with Gasteiger partial charge in [-0.1, -0.05) is 12.1 Å². The number of benzene rings is 1. The minimum atomic E-state index is -0.0756. The van der Waals surface area contributed by atoms with Gasteiger partial charge in [-0.05, 0) is 48.9 Å². The topological polar surface area (TPSA) is 65.7 Å². The second-order valence-corrected chi connectivity index (χ2v) is 6.73. The molecule has 0 saturated heterocycles. The summed E-state index contributed by atoms with van der Waals surface area (Å²) in [4.78, 5) is 4.94. The Morgan fingerprint density at radius 2 is 1.82 bits per heavy atom. The Balaban J connectivity index is 1.70. The molecule has 1 unspecified atom stereocenters. The monoisotopic (exact) mass is 373 g/mol. The number of rotatable bonds is 4. The van der Waals surface area contributed by atoms with Crippen LogP contribution in [0.2, 0.25) is 0 Å². The van der Waals surface area contributed by atoms with E-state index in [0.29, 0.717) is 6.42 Å². The maximum atomic E-state index is 5.72. The van der Waals surface area contributed by atoms with E-state index in [1.807, 2.05) is 60.1 Å². The molecule has 28 heavy (non-hydrogen) atoms. The molecule has 1 aromatic carbocycles. The number of methoxy groups -OCH3 is 1. The van der Waals surface area contributed by atoms with Gasteiger partial charge >= 0.3 is 0 Å². The Hall–Kier alpha value is -3.54. The molecule has 0 fully saturated rings. The molecule has 0 amide bonds. The molecule has 6 nitrogen and oxygen atoms in total. The maximum Gasteiger partial charge on any atom is 0.159 e. The van der Waals surface area contributed by atoms with Crippen LogP contribution in [0.1, 0.15) is 29.7 Å². The zero-order valence-corrected chi connectivity index (χ0v) is 15.6. The Morgan fingerprint density at radius 1 is 1.04 bits per heavy atom. The highest BCUT2D eigenvalue weighted by Crippen LogP contribution is 2.42. The number of hydrogen-bond acceptors (Lipinski definition) is 5. The van der Waals surface area contributed by atoms with Gasteiger partial charge in [0.25, 0.3) is 0 Å². The predicted molar refractivity (Wildman–Crippen MR) is 105 cm³/mol. The van der Waals surface area contributed by atoms with Gasteiger partial charge in [0, 0.05) is 12.0 Å². The third-order valence-corrected chi connectivity index (χ3v) is 5.04. The van der Waals surface area contributed by atoms with E-state index in [1.165, 1.54) is 0 Å². The zero-order valence-electron chi connectivity index (χ0n) is 15.6. The minimum absolute atomic E-state index is 0.0756. The Labute approximate surface area is 162 Å². The molecule has 4 heterocycles. The number of aliphatic imine (C=N–C) groups is 1. The summed E-state index contributed by atoms with van der Waals surface area (Å²) >= 11 is 0. The molecule has 1 aliphatic heterocycles. The molecular weight excluding hydrogens is 354 g/mol. The lowest BCUT2D eigenvalue weighted by molar-refractivity contribution is 0.407. The Morgan fingerprint density at radius 3 is 2.50 bits per heavy atom. The van der Waals surface area contributed by atoms with Gasteiger partial charge in [-0.2, -0.15) is 5.10 Å². The van der Waals surface area contributed by atoms with E-state index >= 15 is 0 Å². The lowest BCUT2D eigenvalue weighted by atomic mass is 10.0. The van der Waals surface area contributed by atoms with Crippen LogP contribution in [0.4, 0.5) is 5.82 Å². The molecule has 1 atom stereocenters. The molecule has 4 aromatic rings. The van der Waals surface area contributed by atoms with E-state index in [2.05, 4.69) is 0 Å². The summed E-state index contributed by atoms with van der Waals surface area (Å²) in [6.45, 7) is 2.01. The second-order valence-electron chi connectivity index (χ2n) is 6.73. The average Bonchev–Trinajstić information content (AvgIpc) is 3.47. The largest absolute Gasteiger partial charge is 0.497 e. The van der Waals surface area contributed by atoms with Crippen LogP contribution in [-0.4, -0.2) is 22.6 Å². The SMILES string of the molecule is COc1ccc(-c2c(C)nn3c2N=C(c2ccco2)CC3c2ccco2)cc1. The zero-order chi connectivity index (χ0) is 19.1. The molecule has 5 rings (SSSR count). The highest BCUT2D eigenvalue weighted by Gasteiger charge is 2.31. The van der Waals surface area contributed by atoms with Crippen molar-refractivity contribution in [2.45, 2.75) is 19.4 Å². The van der Waals surface area contributed by atoms with Gasteiger partial charge in [0.2, 0.25) is 0 Å². The van der Waals surface area contributed by atoms with Gasteiger partial charge in [-0.15, -0.1) is 0 Å². The fourth-order valence-electron chi connectivity index (χ4n) is 3.70. The Bertz CT molecular complexity index is 1120. The molecule has 0 radical (unpaired) electrons. The lowest BCUT2D eigenvalue weighted by Crippen LogP contribution is -2.20. The molecule has 0 bridgehead atoms. The predicted octanol–water partition coefficient (Wildman–Crippen LogP) is 5.17. The molecule has 6 heteroatoms. The van der Waals surface area contributed by atoms with Gasteiger partial charge in [0.1, 0.15) is 23.3 Å². The van der Waals surface area contributed by atoms with Gasteiger partial charge in [-0.25, -0.2) is 9.67 Å². The van der Waals surface area contributed by atoms with E-state index < -0.39 is 0 Å². The minimum Gasteiger partial charge on any atom is -0.497 e. The smallest absolute Gasteiger partial charge is 0.159 e. The number of hydrogen-bond donors (Lipinski definition) is 0. The van der Waals surface area contributed by atoms with Crippen molar-refractivity contribution in [3.8, 4) is 16.9 Å². The van der Waals surface area contributed by atoms with E-state index in [0.717, 1.165) is 45.6 Å². The quantitative estimate of drug-likeness (QED) is 0.495. The summed E-state index contributed by atoms with van der Waals surface area (Å²) < 4.78 is 18.6. The molecule has 1 aliphatic rings. The number of aryl methyl sites for hydroxylation is 1. The van der Waals surface area contributed by atoms with Crippen LogP contribution in [0, 0.1) is 6.92 Å². The number of furan rings is 2. The molecule has 3 aromatic heterocycles. The van der Waals surface area contributed by atoms with Crippen LogP contribution in [0.15, 0.2) is 74.9 Å². The first kappa shape index (κ1) is 16.6. The molecule has 0 spiro atoms. The summed E-state index contributed by atoms with van der Waals surface area (Å²) in [7, 11) is 1.66. The summed E-state index contributed by atoms with van der Waals surface area (Å²) in [6, 6.07) is 15.6. The first-order valence-corrected chi connectivity index (χ1v) is 9.13. The third kappa shape index (κ3) is 2.65. The van der Waals surface area contributed by atoms with Crippen LogP contribution >= 0.6 is 0 Å². The standard InChI is InChI=1S/C22H19N3O3/c1-14-21(15-7-9-16(26-2)10-8-15)22-23-17(19-5-3-11-27-19)13-18(25(22)24-14)20-6-4-12-28-20/h3-12,18H,13H2,1-2H3. The molecule has 140 valence electrons. The highest BCUT2D eigenvalue weighted by molar-refractivity contribution is 6.02. The second kappa shape index (κ2) is 6.56. The summed E-state index contributed by atoms with van der Waals surface area (Å²) in [6.07, 6.45) is 4.01. The number of nitrogens with zero attached hydrogens (tertiary/aromatic N) is 3. The number of aromatic nitrogens is 2. The normalized spacial score (nSPS) is 15.9. The Kier molecular flexibility index (Phi) is 3.90. The van der Waals surface area contributed by atoms with E-state index in [4.69, 9.17) is 23.7 Å². The number of ether oxygens (including phenoxy) is 1. The van der Waals surface area contributed by atoms with Crippen LogP contribution in [0.5, 0.6) is 5.75 Å². The van der Waals surface area contributed by atoms with Crippen LogP contribution < -0.4 is 4.74 Å². The van der Waals surface area contributed by atoms with Crippen LogP contribution in [0.25, 0.3) is 11.1 Å². The van der Waals surface area contributed by atoms with Crippen molar-refractivity contribution in [1.82, 2.24) is 9.78 Å². The van der Waals surface area contributed by atoms with Crippen molar-refractivity contribution in [3.63, 3.8) is 0 Å². The summed E-state index contributed by atoms with van der Waals surface area (Å²) in [5.41, 5.74) is 3.85. The van der Waals surface area contributed by atoms with Crippen LogP contribution in [-0.2, 0) is 0 Å². The fourth-order valence-corrected chi connectivity index (χ4v) is 3.70. The molecule has 0 N–H and O–H groups in total. The first-order valence-electron chi connectivity index (χ1n) is 9.13. The maximum absolute atomic E-state index is 5.72. The molecule has 0 aliphatic carbocycles. The first-order chi connectivity index (χ1) is 13.7. The van der Waals surface area contributed by atoms with E-state index in [9.17, 15) is 0 Å². The van der Waals surface area contributed by atoms with Gasteiger partial charge in [0.15, 0.2) is 5.82 Å².